The lowest BCUT2D eigenvalue weighted by Gasteiger charge is -2.14. The number of carboxylic acid groups (broad SMARTS) is 1. The number of hydrogen-bond donors (Lipinski definition) is 2. The molecule has 0 aliphatic heterocycles. The number of rotatable bonds is 9. The van der Waals surface area contributed by atoms with Gasteiger partial charge in [-0.3, -0.25) is 4.79 Å². The Morgan fingerprint density at radius 1 is 1.38 bits per heavy atom. The quantitative estimate of drug-likeness (QED) is 0.728. The van der Waals surface area contributed by atoms with Crippen LogP contribution in [0, 0.1) is 5.82 Å². The summed E-state index contributed by atoms with van der Waals surface area (Å²) in [7, 11) is 0. The van der Waals surface area contributed by atoms with E-state index in [-0.39, 0.29) is 24.8 Å². The van der Waals surface area contributed by atoms with Gasteiger partial charge in [0, 0.05) is 0 Å². The smallest absolute Gasteiger partial charge is 0.326 e. The van der Waals surface area contributed by atoms with Gasteiger partial charge in [0.2, 0.25) is 5.91 Å². The first kappa shape index (κ1) is 17.3. The molecule has 0 saturated carbocycles. The highest BCUT2D eigenvalue weighted by molar-refractivity contribution is 7.98. The van der Waals surface area contributed by atoms with Crippen LogP contribution >= 0.6 is 11.8 Å². The number of carboxylic acids is 1. The minimum absolute atomic E-state index is 0.0421. The Hall–Kier alpha value is -1.76. The van der Waals surface area contributed by atoms with Crippen molar-refractivity contribution in [3.8, 4) is 5.75 Å². The highest BCUT2D eigenvalue weighted by Gasteiger charge is 2.19. The van der Waals surface area contributed by atoms with Crippen LogP contribution in [0.5, 0.6) is 5.75 Å². The van der Waals surface area contributed by atoms with Gasteiger partial charge in [-0.25, -0.2) is 9.18 Å². The molecule has 1 unspecified atom stereocenters. The van der Waals surface area contributed by atoms with Crippen LogP contribution in [0.25, 0.3) is 0 Å². The Kier molecular flexibility index (Phi) is 7.60. The molecule has 0 fully saturated rings. The van der Waals surface area contributed by atoms with E-state index in [0.717, 1.165) is 0 Å². The van der Waals surface area contributed by atoms with Crippen molar-refractivity contribution >= 4 is 23.6 Å². The van der Waals surface area contributed by atoms with Gasteiger partial charge >= 0.3 is 5.97 Å². The number of ether oxygens (including phenoxy) is 1. The SMILES string of the molecule is CSCCC(NC(=O)CCOc1ccc(F)cc1)C(=O)O. The maximum absolute atomic E-state index is 12.7. The van der Waals surface area contributed by atoms with Crippen LogP contribution in [0.1, 0.15) is 12.8 Å². The van der Waals surface area contributed by atoms with Gasteiger partial charge in [0.05, 0.1) is 13.0 Å². The second-order valence-electron chi connectivity index (χ2n) is 4.29. The summed E-state index contributed by atoms with van der Waals surface area (Å²) >= 11 is 1.52. The van der Waals surface area contributed by atoms with Crippen molar-refractivity contribution in [3.05, 3.63) is 30.1 Å². The zero-order valence-corrected chi connectivity index (χ0v) is 12.5. The Bertz CT molecular complexity index is 467. The third-order valence-electron chi connectivity index (χ3n) is 2.66. The number of hydrogen-bond acceptors (Lipinski definition) is 4. The van der Waals surface area contributed by atoms with Crippen LogP contribution in [0.2, 0.25) is 0 Å². The summed E-state index contributed by atoms with van der Waals surface area (Å²) in [6.45, 7) is 0.104. The third-order valence-corrected chi connectivity index (χ3v) is 3.30. The molecule has 0 spiro atoms. The molecule has 1 amide bonds. The molecule has 21 heavy (non-hydrogen) atoms. The van der Waals surface area contributed by atoms with Crippen molar-refractivity contribution in [3.63, 3.8) is 0 Å². The molecular formula is C14H18FNO4S. The Morgan fingerprint density at radius 2 is 2.05 bits per heavy atom. The molecular weight excluding hydrogens is 297 g/mol. The summed E-state index contributed by atoms with van der Waals surface area (Å²) in [5.74, 6) is -0.675. The number of carbonyl (C=O) groups is 2. The first-order chi connectivity index (χ1) is 10.0. The van der Waals surface area contributed by atoms with Crippen molar-refractivity contribution in [1.29, 1.82) is 0 Å². The molecule has 1 aromatic carbocycles. The van der Waals surface area contributed by atoms with Gasteiger partial charge in [-0.1, -0.05) is 0 Å². The van der Waals surface area contributed by atoms with Crippen LogP contribution in [-0.4, -0.2) is 41.6 Å². The molecule has 1 atom stereocenters. The third kappa shape index (κ3) is 6.99. The molecule has 0 saturated heterocycles. The Morgan fingerprint density at radius 3 is 2.62 bits per heavy atom. The van der Waals surface area contributed by atoms with Crippen LogP contribution < -0.4 is 10.1 Å². The molecule has 0 bridgehead atoms. The van der Waals surface area contributed by atoms with E-state index in [9.17, 15) is 14.0 Å². The highest BCUT2D eigenvalue weighted by Crippen LogP contribution is 2.11. The van der Waals surface area contributed by atoms with E-state index < -0.39 is 12.0 Å². The van der Waals surface area contributed by atoms with Crippen molar-refractivity contribution in [2.24, 2.45) is 0 Å². The zero-order valence-electron chi connectivity index (χ0n) is 11.7. The number of carbonyl (C=O) groups excluding carboxylic acids is 1. The van der Waals surface area contributed by atoms with Crippen molar-refractivity contribution in [1.82, 2.24) is 5.32 Å². The Labute approximate surface area is 126 Å². The zero-order chi connectivity index (χ0) is 15.7. The van der Waals surface area contributed by atoms with E-state index in [4.69, 9.17) is 9.84 Å². The van der Waals surface area contributed by atoms with E-state index >= 15 is 0 Å². The fraction of sp³-hybridized carbons (Fsp3) is 0.429. The molecule has 0 aliphatic carbocycles. The normalized spacial score (nSPS) is 11.7. The summed E-state index contributed by atoms with van der Waals surface area (Å²) in [5.41, 5.74) is 0. The topological polar surface area (TPSA) is 75.6 Å². The molecule has 0 radical (unpaired) electrons. The molecule has 0 aromatic heterocycles. The maximum Gasteiger partial charge on any atom is 0.326 e. The maximum atomic E-state index is 12.7. The number of halogens is 1. The first-order valence-electron chi connectivity index (χ1n) is 6.42. The number of aliphatic carboxylic acids is 1. The summed E-state index contributed by atoms with van der Waals surface area (Å²) < 4.78 is 18.0. The summed E-state index contributed by atoms with van der Waals surface area (Å²) in [4.78, 5) is 22.6. The molecule has 1 rings (SSSR count). The lowest BCUT2D eigenvalue weighted by molar-refractivity contribution is -0.141. The predicted molar refractivity (Wildman–Crippen MR) is 79.1 cm³/mol. The standard InChI is InChI=1S/C14H18FNO4S/c1-21-9-7-12(14(18)19)16-13(17)6-8-20-11-4-2-10(15)3-5-11/h2-5,12H,6-9H2,1H3,(H,16,17)(H,18,19). The lowest BCUT2D eigenvalue weighted by atomic mass is 10.2. The van der Waals surface area contributed by atoms with Crippen LogP contribution in [0.4, 0.5) is 4.39 Å². The number of amides is 1. The number of nitrogens with one attached hydrogen (secondary N) is 1. The van der Waals surface area contributed by atoms with Gasteiger partial charge in [-0.15, -0.1) is 0 Å². The second-order valence-corrected chi connectivity index (χ2v) is 5.28. The molecule has 7 heteroatoms. The largest absolute Gasteiger partial charge is 0.493 e. The van der Waals surface area contributed by atoms with Crippen molar-refractivity contribution in [2.45, 2.75) is 18.9 Å². The van der Waals surface area contributed by atoms with Gasteiger partial charge in [0.1, 0.15) is 17.6 Å². The fourth-order valence-electron chi connectivity index (χ4n) is 1.55. The summed E-state index contributed by atoms with van der Waals surface area (Å²) in [6.07, 6.45) is 2.29. The van der Waals surface area contributed by atoms with E-state index in [1.807, 2.05) is 6.26 Å². The average Bonchev–Trinajstić information content (AvgIpc) is 2.45. The number of thioether (sulfide) groups is 1. The first-order valence-corrected chi connectivity index (χ1v) is 7.81. The molecule has 0 heterocycles. The van der Waals surface area contributed by atoms with Gasteiger partial charge in [-0.2, -0.15) is 11.8 Å². The predicted octanol–water partition coefficient (Wildman–Crippen LogP) is 1.92. The average molecular weight is 315 g/mol. The molecule has 0 aliphatic rings. The van der Waals surface area contributed by atoms with Crippen LogP contribution in [0.15, 0.2) is 24.3 Å². The fourth-order valence-corrected chi connectivity index (χ4v) is 2.02. The second kappa shape index (κ2) is 9.23. The minimum atomic E-state index is -1.04. The van der Waals surface area contributed by atoms with Crippen LogP contribution in [0.3, 0.4) is 0 Å². The monoisotopic (exact) mass is 315 g/mol. The molecule has 1 aromatic rings. The lowest BCUT2D eigenvalue weighted by Crippen LogP contribution is -2.41. The highest BCUT2D eigenvalue weighted by atomic mass is 32.2. The molecule has 2 N–H and O–H groups in total. The van der Waals surface area contributed by atoms with Crippen molar-refractivity contribution < 1.29 is 23.8 Å². The molecule has 5 nitrogen and oxygen atoms in total. The molecule has 116 valence electrons. The van der Waals surface area contributed by atoms with E-state index in [2.05, 4.69) is 5.32 Å². The van der Waals surface area contributed by atoms with Crippen molar-refractivity contribution in [2.75, 3.05) is 18.6 Å². The van der Waals surface area contributed by atoms with E-state index in [1.165, 1.54) is 36.0 Å². The van der Waals surface area contributed by atoms with E-state index in [0.29, 0.717) is 17.9 Å². The van der Waals surface area contributed by atoms with Gasteiger partial charge in [0.25, 0.3) is 0 Å². The van der Waals surface area contributed by atoms with Gasteiger partial charge < -0.3 is 15.2 Å². The van der Waals surface area contributed by atoms with Crippen LogP contribution in [-0.2, 0) is 9.59 Å². The van der Waals surface area contributed by atoms with Gasteiger partial charge in [0.15, 0.2) is 0 Å². The van der Waals surface area contributed by atoms with Gasteiger partial charge in [-0.05, 0) is 42.7 Å². The number of benzene rings is 1. The summed E-state index contributed by atoms with van der Waals surface area (Å²) in [6, 6.07) is 4.57. The summed E-state index contributed by atoms with van der Waals surface area (Å²) in [5, 5.41) is 11.4. The minimum Gasteiger partial charge on any atom is -0.493 e. The van der Waals surface area contributed by atoms with E-state index in [1.54, 1.807) is 0 Å². The Balaban J connectivity index is 2.32.